The van der Waals surface area contributed by atoms with E-state index in [2.05, 4.69) is 20.1 Å². The number of aryl methyl sites for hydroxylation is 1. The maximum atomic E-state index is 13.9. The minimum atomic E-state index is -4.84. The Morgan fingerprint density at radius 3 is 2.06 bits per heavy atom. The third-order valence-corrected chi connectivity index (χ3v) is 5.08. The summed E-state index contributed by atoms with van der Waals surface area (Å²) in [6.45, 7) is 5.66. The van der Waals surface area contributed by atoms with Crippen molar-refractivity contribution in [2.24, 2.45) is 7.05 Å². The molecule has 4 aromatic rings. The summed E-state index contributed by atoms with van der Waals surface area (Å²) >= 11 is 0. The average Bonchev–Trinajstić information content (AvgIpc) is 3.28. The number of imidazole rings is 1. The van der Waals surface area contributed by atoms with Gasteiger partial charge in [-0.15, -0.1) is 0 Å². The van der Waals surface area contributed by atoms with Gasteiger partial charge in [0.15, 0.2) is 17.5 Å². The van der Waals surface area contributed by atoms with Crippen LogP contribution in [0.5, 0.6) is 0 Å². The Bertz CT molecular complexity index is 1350. The first-order valence-corrected chi connectivity index (χ1v) is 9.85. The van der Waals surface area contributed by atoms with E-state index in [9.17, 15) is 26.3 Å². The molecule has 0 fully saturated rings. The fourth-order valence-corrected chi connectivity index (χ4v) is 3.49. The Morgan fingerprint density at radius 2 is 1.50 bits per heavy atom. The Morgan fingerprint density at radius 1 is 0.882 bits per heavy atom. The van der Waals surface area contributed by atoms with Crippen LogP contribution in [0.4, 0.5) is 26.3 Å². The van der Waals surface area contributed by atoms with Crippen molar-refractivity contribution in [2.45, 2.75) is 38.5 Å². The first-order chi connectivity index (χ1) is 15.2. The van der Waals surface area contributed by atoms with Crippen LogP contribution in [-0.4, -0.2) is 24.7 Å². The number of fused-ring (bicyclic) bond motifs is 1. The second-order valence-electron chi connectivity index (χ2n) is 8.68. The molecule has 34 heavy (non-hydrogen) atoms. The molecular weight excluding hydrogens is 471 g/mol. The second kappa shape index (κ2) is 8.69. The van der Waals surface area contributed by atoms with Crippen molar-refractivity contribution in [1.29, 1.82) is 0 Å². The van der Waals surface area contributed by atoms with E-state index in [1.807, 2.05) is 20.8 Å². The molecule has 4 rings (SSSR count). The molecule has 1 N–H and O–H groups in total. The number of hydrogen-bond donors (Lipinski definition) is 1. The summed E-state index contributed by atoms with van der Waals surface area (Å²) in [5, 5.41) is 4.30. The molecular formula is C22H20F6N5Na. The summed E-state index contributed by atoms with van der Waals surface area (Å²) in [6, 6.07) is 6.42. The monoisotopic (exact) mass is 491 g/mol. The van der Waals surface area contributed by atoms with Gasteiger partial charge in [0.2, 0.25) is 0 Å². The minimum absolute atomic E-state index is 0. The van der Waals surface area contributed by atoms with Crippen LogP contribution >= 0.6 is 0 Å². The van der Waals surface area contributed by atoms with E-state index in [4.69, 9.17) is 0 Å². The molecule has 5 nitrogen and oxygen atoms in total. The zero-order valence-electron chi connectivity index (χ0n) is 20.0. The maximum Gasteiger partial charge on any atom is 1.00 e. The molecule has 2 aromatic carbocycles. The van der Waals surface area contributed by atoms with Crippen molar-refractivity contribution in [3.8, 4) is 22.8 Å². The molecule has 0 atom stereocenters. The first-order valence-electron chi connectivity index (χ1n) is 9.85. The van der Waals surface area contributed by atoms with Crippen LogP contribution in [0.1, 0.15) is 39.1 Å². The normalized spacial score (nSPS) is 12.8. The first kappa shape index (κ1) is 26.2. The molecule has 0 bridgehead atoms. The summed E-state index contributed by atoms with van der Waals surface area (Å²) in [5.74, 6) is 0.708. The summed E-state index contributed by atoms with van der Waals surface area (Å²) in [5.41, 5.74) is -3.65. The van der Waals surface area contributed by atoms with Gasteiger partial charge in [0, 0.05) is 12.5 Å². The number of alkyl halides is 6. The molecule has 0 saturated heterocycles. The third kappa shape index (κ3) is 4.87. The molecule has 2 aromatic heterocycles. The van der Waals surface area contributed by atoms with Crippen LogP contribution in [0.25, 0.3) is 33.8 Å². The number of H-pyrrole nitrogens is 1. The largest absolute Gasteiger partial charge is 1.00 e. The number of hydrogen-bond acceptors (Lipinski definition) is 3. The molecule has 0 aliphatic heterocycles. The van der Waals surface area contributed by atoms with E-state index in [0.717, 1.165) is 12.1 Å². The molecule has 2 heterocycles. The number of nitrogens with zero attached hydrogens (tertiary/aromatic N) is 4. The molecule has 0 spiro atoms. The van der Waals surface area contributed by atoms with Gasteiger partial charge in [-0.05, 0) is 29.3 Å². The van der Waals surface area contributed by atoms with E-state index in [1.54, 1.807) is 7.05 Å². The van der Waals surface area contributed by atoms with E-state index in [0.29, 0.717) is 11.9 Å². The van der Waals surface area contributed by atoms with Crippen molar-refractivity contribution >= 4 is 11.0 Å². The van der Waals surface area contributed by atoms with Crippen LogP contribution in [0, 0.1) is 0 Å². The number of aromatic amines is 1. The predicted molar refractivity (Wildman–Crippen MR) is 111 cm³/mol. The topological polar surface area (TPSA) is 59.4 Å². The Hall–Kier alpha value is -2.37. The van der Waals surface area contributed by atoms with Crippen molar-refractivity contribution in [3.63, 3.8) is 0 Å². The Balaban J connectivity index is 0.00000216. The van der Waals surface area contributed by atoms with Crippen LogP contribution < -0.4 is 29.6 Å². The van der Waals surface area contributed by atoms with E-state index >= 15 is 0 Å². The number of rotatable bonds is 2. The smallest absolute Gasteiger partial charge is 1.00 e. The molecule has 176 valence electrons. The summed E-state index contributed by atoms with van der Waals surface area (Å²) in [4.78, 5) is 11.3. The Labute approximate surface area is 214 Å². The molecule has 0 saturated carbocycles. The maximum absolute atomic E-state index is 13.9. The zero-order chi connectivity index (χ0) is 24.3. The van der Waals surface area contributed by atoms with Crippen molar-refractivity contribution in [3.05, 3.63) is 53.3 Å². The van der Waals surface area contributed by atoms with Gasteiger partial charge < -0.3 is 6.41 Å². The standard InChI is InChI=1S/C22H19F6N5.Na.H/c1-20(2,3)19-31-18(33(4)32-19)17-29-15-10-11(9-14(16(15)30-17)22(26,27)28)12-7-5-6-8-13(12)21(23,24)25;;/h5-10H,1-4H3,(H,29,30);;/q;+1;-1. The zero-order valence-corrected chi connectivity index (χ0v) is 21.0. The van der Waals surface area contributed by atoms with E-state index < -0.39 is 34.4 Å². The molecule has 0 aliphatic carbocycles. The third-order valence-electron chi connectivity index (χ3n) is 5.08. The van der Waals surface area contributed by atoms with Gasteiger partial charge in [0.25, 0.3) is 0 Å². The number of nitrogens with one attached hydrogen (secondary N) is 1. The van der Waals surface area contributed by atoms with Gasteiger partial charge in [-0.2, -0.15) is 31.4 Å². The predicted octanol–water partition coefficient (Wildman–Crippen LogP) is 3.48. The molecule has 0 unspecified atom stereocenters. The summed E-state index contributed by atoms with van der Waals surface area (Å²) in [7, 11) is 1.58. The van der Waals surface area contributed by atoms with Crippen LogP contribution in [0.15, 0.2) is 36.4 Å². The van der Waals surface area contributed by atoms with Gasteiger partial charge in [0.1, 0.15) is 5.52 Å². The molecule has 12 heteroatoms. The fourth-order valence-electron chi connectivity index (χ4n) is 3.49. The van der Waals surface area contributed by atoms with E-state index in [1.165, 1.54) is 22.9 Å². The van der Waals surface area contributed by atoms with Crippen molar-refractivity contribution in [2.75, 3.05) is 0 Å². The average molecular weight is 491 g/mol. The molecule has 0 radical (unpaired) electrons. The fraction of sp³-hybridized carbons (Fsp3) is 0.318. The second-order valence-corrected chi connectivity index (χ2v) is 8.68. The van der Waals surface area contributed by atoms with Gasteiger partial charge >= 0.3 is 41.9 Å². The summed E-state index contributed by atoms with van der Waals surface area (Å²) < 4.78 is 83.5. The quantitative estimate of drug-likeness (QED) is 0.345. The van der Waals surface area contributed by atoms with Gasteiger partial charge in [-0.1, -0.05) is 39.0 Å². The van der Waals surface area contributed by atoms with Crippen LogP contribution in [-0.2, 0) is 24.8 Å². The van der Waals surface area contributed by atoms with Crippen LogP contribution in [0.3, 0.4) is 0 Å². The SMILES string of the molecule is Cn1nc(C(C)(C)C)nc1-c1nc2c(C(F)(F)F)cc(-c3ccccc3C(F)(F)F)cc2[nH]1.[H-].[Na+]. The van der Waals surface area contributed by atoms with E-state index in [-0.39, 0.29) is 59.3 Å². The van der Waals surface area contributed by atoms with Crippen molar-refractivity contribution in [1.82, 2.24) is 24.7 Å². The number of halogens is 6. The van der Waals surface area contributed by atoms with Crippen LogP contribution in [0.2, 0.25) is 0 Å². The molecule has 0 amide bonds. The van der Waals surface area contributed by atoms with Crippen molar-refractivity contribution < 1.29 is 57.3 Å². The summed E-state index contributed by atoms with van der Waals surface area (Å²) in [6.07, 6.45) is -9.57. The minimum Gasteiger partial charge on any atom is -1.00 e. The van der Waals surface area contributed by atoms with Gasteiger partial charge in [0.05, 0.1) is 16.6 Å². The number of benzene rings is 2. The van der Waals surface area contributed by atoms with Gasteiger partial charge in [-0.3, -0.25) is 0 Å². The van der Waals surface area contributed by atoms with Gasteiger partial charge in [-0.25, -0.2) is 14.6 Å². The number of aromatic nitrogens is 5. The Kier molecular flexibility index (Phi) is 6.71. The molecule has 0 aliphatic rings.